The van der Waals surface area contributed by atoms with Crippen molar-refractivity contribution in [2.45, 2.75) is 39.7 Å². The van der Waals surface area contributed by atoms with E-state index in [0.29, 0.717) is 12.5 Å². The molecule has 0 fully saturated rings. The van der Waals surface area contributed by atoms with Crippen molar-refractivity contribution in [2.24, 2.45) is 5.92 Å². The van der Waals surface area contributed by atoms with Crippen molar-refractivity contribution in [2.75, 3.05) is 13.2 Å². The molecule has 112 valence electrons. The van der Waals surface area contributed by atoms with Crippen molar-refractivity contribution >= 4 is 6.03 Å². The van der Waals surface area contributed by atoms with Crippen molar-refractivity contribution in [3.8, 4) is 0 Å². The number of urea groups is 1. The summed E-state index contributed by atoms with van der Waals surface area (Å²) in [7, 11) is 0. The summed E-state index contributed by atoms with van der Waals surface area (Å²) in [5.74, 6) is 0.437. The lowest BCUT2D eigenvalue weighted by Crippen LogP contribution is -2.44. The van der Waals surface area contributed by atoms with Gasteiger partial charge in [-0.2, -0.15) is 0 Å². The van der Waals surface area contributed by atoms with Gasteiger partial charge in [0.15, 0.2) is 0 Å². The molecule has 0 bridgehead atoms. The molecular weight excluding hydrogens is 254 g/mol. The third-order valence-corrected chi connectivity index (χ3v) is 3.13. The normalized spacial score (nSPS) is 12.2. The molecule has 0 aromatic carbocycles. The summed E-state index contributed by atoms with van der Waals surface area (Å²) in [5.41, 5.74) is 2.31. The molecule has 20 heavy (non-hydrogen) atoms. The second-order valence-corrected chi connectivity index (χ2v) is 5.46. The van der Waals surface area contributed by atoms with Crippen molar-refractivity contribution in [3.63, 3.8) is 0 Å². The summed E-state index contributed by atoms with van der Waals surface area (Å²) in [6, 6.07) is 1.55. The van der Waals surface area contributed by atoms with Gasteiger partial charge < -0.3 is 15.7 Å². The van der Waals surface area contributed by atoms with Crippen LogP contribution in [0.25, 0.3) is 0 Å². The molecule has 1 unspecified atom stereocenters. The van der Waals surface area contributed by atoms with Crippen molar-refractivity contribution in [1.29, 1.82) is 0 Å². The second kappa shape index (κ2) is 8.53. The van der Waals surface area contributed by atoms with Gasteiger partial charge in [-0.15, -0.1) is 0 Å². The van der Waals surface area contributed by atoms with Crippen LogP contribution in [-0.4, -0.2) is 35.3 Å². The highest BCUT2D eigenvalue weighted by atomic mass is 16.3. The molecular formula is C15H25N3O2. The number of carbonyl (C=O) groups excluding carboxylic acids is 1. The topological polar surface area (TPSA) is 74.2 Å². The van der Waals surface area contributed by atoms with Crippen LogP contribution in [-0.2, 0) is 6.42 Å². The number of pyridine rings is 1. The number of hydrogen-bond acceptors (Lipinski definition) is 3. The Bertz CT molecular complexity index is 421. The molecule has 5 heteroatoms. The first-order valence-electron chi connectivity index (χ1n) is 7.07. The van der Waals surface area contributed by atoms with Crippen LogP contribution < -0.4 is 10.6 Å². The Hall–Kier alpha value is -1.62. The molecule has 1 heterocycles. The Morgan fingerprint density at radius 2 is 2.20 bits per heavy atom. The van der Waals surface area contributed by atoms with Crippen LogP contribution in [0.3, 0.4) is 0 Å². The predicted molar refractivity (Wildman–Crippen MR) is 79.5 cm³/mol. The fourth-order valence-corrected chi connectivity index (χ4v) is 2.08. The highest BCUT2D eigenvalue weighted by molar-refractivity contribution is 5.74. The van der Waals surface area contributed by atoms with Gasteiger partial charge in [0.1, 0.15) is 0 Å². The highest BCUT2D eigenvalue weighted by Gasteiger charge is 2.12. The van der Waals surface area contributed by atoms with Gasteiger partial charge in [0.05, 0.1) is 12.6 Å². The number of rotatable bonds is 7. The first kappa shape index (κ1) is 16.4. The molecule has 0 saturated carbocycles. The van der Waals surface area contributed by atoms with E-state index in [4.69, 9.17) is 0 Å². The average Bonchev–Trinajstić information content (AvgIpc) is 2.39. The number of nitrogens with one attached hydrogen (secondary N) is 2. The smallest absolute Gasteiger partial charge is 0.315 e. The molecule has 1 atom stereocenters. The van der Waals surface area contributed by atoms with Crippen LogP contribution in [0.5, 0.6) is 0 Å². The summed E-state index contributed by atoms with van der Waals surface area (Å²) in [6.45, 7) is 6.67. The Morgan fingerprint density at radius 1 is 1.45 bits per heavy atom. The first-order chi connectivity index (χ1) is 9.52. The van der Waals surface area contributed by atoms with Gasteiger partial charge in [0.2, 0.25) is 0 Å². The van der Waals surface area contributed by atoms with Gasteiger partial charge in [-0.05, 0) is 42.9 Å². The van der Waals surface area contributed by atoms with Gasteiger partial charge in [-0.25, -0.2) is 4.79 Å². The zero-order valence-corrected chi connectivity index (χ0v) is 12.5. The van der Waals surface area contributed by atoms with Gasteiger partial charge in [-0.1, -0.05) is 13.8 Å². The predicted octanol–water partition coefficient (Wildman–Crippen LogP) is 1.64. The maximum atomic E-state index is 11.7. The fourth-order valence-electron chi connectivity index (χ4n) is 2.08. The number of aliphatic hydroxyl groups excluding tert-OH is 1. The molecule has 5 nitrogen and oxygen atoms in total. The van der Waals surface area contributed by atoms with Crippen molar-refractivity contribution in [3.05, 3.63) is 29.6 Å². The van der Waals surface area contributed by atoms with E-state index in [-0.39, 0.29) is 18.7 Å². The Labute approximate surface area is 120 Å². The van der Waals surface area contributed by atoms with Crippen LogP contribution in [0.4, 0.5) is 4.79 Å². The maximum absolute atomic E-state index is 11.7. The molecule has 1 aromatic heterocycles. The number of aromatic nitrogens is 1. The number of aryl methyl sites for hydroxylation is 1. The molecule has 1 aromatic rings. The maximum Gasteiger partial charge on any atom is 0.315 e. The van der Waals surface area contributed by atoms with E-state index in [2.05, 4.69) is 29.5 Å². The summed E-state index contributed by atoms with van der Waals surface area (Å²) in [4.78, 5) is 15.8. The Morgan fingerprint density at radius 3 is 2.80 bits per heavy atom. The zero-order chi connectivity index (χ0) is 15.0. The van der Waals surface area contributed by atoms with Gasteiger partial charge >= 0.3 is 6.03 Å². The van der Waals surface area contributed by atoms with Gasteiger partial charge in [-0.3, -0.25) is 4.98 Å². The van der Waals surface area contributed by atoms with Gasteiger partial charge in [0.25, 0.3) is 0 Å². The fraction of sp³-hybridized carbons (Fsp3) is 0.600. The standard InChI is InChI=1S/C15H25N3O2/c1-11(2)8-14(10-19)18-15(20)17-7-5-13-4-6-16-9-12(13)3/h4,6,9,11,14,19H,5,7-8,10H2,1-3H3,(H2,17,18,20). The van der Waals surface area contributed by atoms with Gasteiger partial charge in [0, 0.05) is 18.9 Å². The summed E-state index contributed by atoms with van der Waals surface area (Å²) in [5, 5.41) is 14.8. The Kier molecular flexibility index (Phi) is 7.01. The minimum atomic E-state index is -0.226. The second-order valence-electron chi connectivity index (χ2n) is 5.46. The van der Waals surface area contributed by atoms with Crippen LogP contribution in [0, 0.1) is 12.8 Å². The quantitative estimate of drug-likeness (QED) is 0.710. The minimum Gasteiger partial charge on any atom is -0.394 e. The van der Waals surface area contributed by atoms with Crippen LogP contribution in [0.1, 0.15) is 31.4 Å². The number of amides is 2. The molecule has 0 aliphatic heterocycles. The van der Waals surface area contributed by atoms with Crippen molar-refractivity contribution < 1.29 is 9.90 Å². The zero-order valence-electron chi connectivity index (χ0n) is 12.5. The molecule has 2 amide bonds. The molecule has 3 N–H and O–H groups in total. The summed E-state index contributed by atoms with van der Waals surface area (Å²) in [6.07, 6.45) is 5.12. The highest BCUT2D eigenvalue weighted by Crippen LogP contribution is 2.05. The molecule has 0 aliphatic rings. The summed E-state index contributed by atoms with van der Waals surface area (Å²) >= 11 is 0. The van der Waals surface area contributed by atoms with E-state index in [0.717, 1.165) is 18.4 Å². The lowest BCUT2D eigenvalue weighted by atomic mass is 10.0. The number of nitrogens with zero attached hydrogens (tertiary/aromatic N) is 1. The molecule has 0 radical (unpaired) electrons. The molecule has 0 spiro atoms. The Balaban J connectivity index is 2.31. The molecule has 0 saturated heterocycles. The monoisotopic (exact) mass is 279 g/mol. The number of carbonyl (C=O) groups is 1. The van der Waals surface area contributed by atoms with Crippen LogP contribution in [0.2, 0.25) is 0 Å². The third-order valence-electron chi connectivity index (χ3n) is 3.13. The molecule has 1 rings (SSSR count). The lowest BCUT2D eigenvalue weighted by molar-refractivity contribution is 0.207. The van der Waals surface area contributed by atoms with E-state index < -0.39 is 0 Å². The largest absolute Gasteiger partial charge is 0.394 e. The molecule has 0 aliphatic carbocycles. The number of hydrogen-bond donors (Lipinski definition) is 3. The van der Waals surface area contributed by atoms with Crippen LogP contribution >= 0.6 is 0 Å². The van der Waals surface area contributed by atoms with E-state index in [1.165, 1.54) is 5.56 Å². The first-order valence-corrected chi connectivity index (χ1v) is 7.07. The van der Waals surface area contributed by atoms with E-state index in [1.54, 1.807) is 6.20 Å². The van der Waals surface area contributed by atoms with E-state index in [9.17, 15) is 9.90 Å². The summed E-state index contributed by atoms with van der Waals surface area (Å²) < 4.78 is 0. The van der Waals surface area contributed by atoms with Crippen LogP contribution in [0.15, 0.2) is 18.5 Å². The SMILES string of the molecule is Cc1cnccc1CCNC(=O)NC(CO)CC(C)C. The lowest BCUT2D eigenvalue weighted by Gasteiger charge is -2.18. The van der Waals surface area contributed by atoms with E-state index in [1.807, 2.05) is 19.2 Å². The van der Waals surface area contributed by atoms with Crippen molar-refractivity contribution in [1.82, 2.24) is 15.6 Å². The van der Waals surface area contributed by atoms with E-state index >= 15 is 0 Å². The minimum absolute atomic E-state index is 0.0327. The third kappa shape index (κ3) is 6.02. The number of aliphatic hydroxyl groups is 1. The average molecular weight is 279 g/mol.